The van der Waals surface area contributed by atoms with Gasteiger partial charge in [0.15, 0.2) is 0 Å². The van der Waals surface area contributed by atoms with Gasteiger partial charge in [-0.15, -0.1) is 0 Å². The highest BCUT2D eigenvalue weighted by atomic mass is 14.9. The predicted octanol–water partition coefficient (Wildman–Crippen LogP) is 4.95. The first-order valence-corrected chi connectivity index (χ1v) is 7.35. The number of hydrogen-bond acceptors (Lipinski definition) is 1. The Morgan fingerprint density at radius 1 is 0.850 bits per heavy atom. The van der Waals surface area contributed by atoms with E-state index in [1.165, 1.54) is 22.4 Å². The second kappa shape index (κ2) is 6.13. The van der Waals surface area contributed by atoms with Crippen LogP contribution in [0.25, 0.3) is 0 Å². The van der Waals surface area contributed by atoms with Crippen molar-refractivity contribution in [3.05, 3.63) is 65.2 Å². The highest BCUT2D eigenvalue weighted by molar-refractivity contribution is 5.44. The van der Waals surface area contributed by atoms with Crippen LogP contribution in [0.15, 0.2) is 48.5 Å². The van der Waals surface area contributed by atoms with Crippen molar-refractivity contribution in [3.8, 4) is 0 Å². The maximum Gasteiger partial charge on any atom is 0.0340 e. The van der Waals surface area contributed by atoms with Crippen molar-refractivity contribution in [1.29, 1.82) is 0 Å². The Bertz CT molecular complexity index is 529. The lowest BCUT2D eigenvalue weighted by molar-refractivity contribution is 0.590. The lowest BCUT2D eigenvalue weighted by atomic mass is 9.86. The lowest BCUT2D eigenvalue weighted by Gasteiger charge is -2.19. The van der Waals surface area contributed by atoms with Crippen molar-refractivity contribution < 1.29 is 0 Å². The third kappa shape index (κ3) is 4.12. The summed E-state index contributed by atoms with van der Waals surface area (Å²) in [6.07, 6.45) is 1.05. The summed E-state index contributed by atoms with van der Waals surface area (Å²) in [6.45, 7) is 9.83. The monoisotopic (exact) mass is 267 g/mol. The Balaban J connectivity index is 1.87. The van der Waals surface area contributed by atoms with Crippen LogP contribution < -0.4 is 5.32 Å². The van der Waals surface area contributed by atoms with E-state index in [9.17, 15) is 0 Å². The van der Waals surface area contributed by atoms with Crippen LogP contribution in [0.4, 0.5) is 5.69 Å². The van der Waals surface area contributed by atoms with Crippen molar-refractivity contribution in [3.63, 3.8) is 0 Å². The smallest absolute Gasteiger partial charge is 0.0340 e. The summed E-state index contributed by atoms with van der Waals surface area (Å²) in [5, 5.41) is 3.47. The van der Waals surface area contributed by atoms with E-state index in [1.54, 1.807) is 0 Å². The third-order valence-electron chi connectivity index (χ3n) is 3.61. The molecule has 2 aromatic carbocycles. The molecule has 106 valence electrons. The second-order valence-corrected chi connectivity index (χ2v) is 6.49. The molecule has 0 saturated heterocycles. The maximum absolute atomic E-state index is 3.47. The van der Waals surface area contributed by atoms with Gasteiger partial charge < -0.3 is 5.32 Å². The largest absolute Gasteiger partial charge is 0.385 e. The van der Waals surface area contributed by atoms with Crippen LogP contribution in [0, 0.1) is 6.92 Å². The molecule has 0 aromatic heterocycles. The Kier molecular flexibility index (Phi) is 4.49. The zero-order chi connectivity index (χ0) is 14.6. The van der Waals surface area contributed by atoms with Gasteiger partial charge in [0.05, 0.1) is 0 Å². The fraction of sp³-hybridized carbons (Fsp3) is 0.368. The molecule has 0 saturated carbocycles. The van der Waals surface area contributed by atoms with E-state index < -0.39 is 0 Å². The van der Waals surface area contributed by atoms with Gasteiger partial charge in [-0.05, 0) is 42.0 Å². The minimum absolute atomic E-state index is 0.235. The Labute approximate surface area is 123 Å². The molecule has 0 aliphatic carbocycles. The molecule has 2 aromatic rings. The summed E-state index contributed by atoms with van der Waals surface area (Å²) < 4.78 is 0. The second-order valence-electron chi connectivity index (χ2n) is 6.49. The van der Waals surface area contributed by atoms with Gasteiger partial charge in [0.1, 0.15) is 0 Å². The molecule has 0 fully saturated rings. The van der Waals surface area contributed by atoms with Crippen molar-refractivity contribution in [1.82, 2.24) is 0 Å². The molecule has 0 unspecified atom stereocenters. The third-order valence-corrected chi connectivity index (χ3v) is 3.61. The zero-order valence-corrected chi connectivity index (χ0v) is 13.0. The van der Waals surface area contributed by atoms with Gasteiger partial charge in [-0.2, -0.15) is 0 Å². The van der Waals surface area contributed by atoms with E-state index in [2.05, 4.69) is 81.5 Å². The zero-order valence-electron chi connectivity index (χ0n) is 13.0. The van der Waals surface area contributed by atoms with Crippen LogP contribution >= 0.6 is 0 Å². The highest BCUT2D eigenvalue weighted by Gasteiger charge is 2.12. The van der Waals surface area contributed by atoms with E-state index in [0.29, 0.717) is 0 Å². The van der Waals surface area contributed by atoms with Crippen LogP contribution in [0.2, 0.25) is 0 Å². The van der Waals surface area contributed by atoms with Crippen molar-refractivity contribution >= 4 is 5.69 Å². The average Bonchev–Trinajstić information content (AvgIpc) is 2.41. The summed E-state index contributed by atoms with van der Waals surface area (Å²) in [5.41, 5.74) is 5.51. The van der Waals surface area contributed by atoms with Crippen LogP contribution in [0.1, 0.15) is 37.5 Å². The summed E-state index contributed by atoms with van der Waals surface area (Å²) in [5.74, 6) is 0. The van der Waals surface area contributed by atoms with Gasteiger partial charge in [-0.3, -0.25) is 0 Å². The van der Waals surface area contributed by atoms with E-state index in [4.69, 9.17) is 0 Å². The highest BCUT2D eigenvalue weighted by Crippen LogP contribution is 2.22. The molecule has 1 heteroatoms. The molecule has 0 atom stereocenters. The van der Waals surface area contributed by atoms with Crippen LogP contribution in [-0.4, -0.2) is 6.54 Å². The van der Waals surface area contributed by atoms with Crippen LogP contribution in [0.3, 0.4) is 0 Å². The Morgan fingerprint density at radius 2 is 1.45 bits per heavy atom. The number of aryl methyl sites for hydroxylation is 1. The van der Waals surface area contributed by atoms with Crippen molar-refractivity contribution in [2.45, 2.75) is 39.5 Å². The molecular weight excluding hydrogens is 242 g/mol. The fourth-order valence-electron chi connectivity index (χ4n) is 2.19. The average molecular weight is 267 g/mol. The van der Waals surface area contributed by atoms with Gasteiger partial charge in [-0.25, -0.2) is 0 Å². The number of hydrogen-bond donors (Lipinski definition) is 1. The van der Waals surface area contributed by atoms with E-state index in [-0.39, 0.29) is 5.41 Å². The van der Waals surface area contributed by atoms with E-state index >= 15 is 0 Å². The number of nitrogens with one attached hydrogen (secondary N) is 1. The normalized spacial score (nSPS) is 11.4. The summed E-state index contributed by atoms with van der Waals surface area (Å²) >= 11 is 0. The summed E-state index contributed by atoms with van der Waals surface area (Å²) in [7, 11) is 0. The molecule has 0 heterocycles. The van der Waals surface area contributed by atoms with Gasteiger partial charge >= 0.3 is 0 Å². The quantitative estimate of drug-likeness (QED) is 0.826. The predicted molar refractivity (Wildman–Crippen MR) is 88.5 cm³/mol. The molecule has 0 aliphatic rings. The first kappa shape index (κ1) is 14.6. The number of rotatable bonds is 4. The minimum atomic E-state index is 0.235. The SMILES string of the molecule is Cc1ccc(NCCc2ccc(C(C)(C)C)cc2)cc1. The van der Waals surface area contributed by atoms with Gasteiger partial charge in [-0.1, -0.05) is 62.7 Å². The molecular formula is C19H25N. The topological polar surface area (TPSA) is 12.0 Å². The molecule has 20 heavy (non-hydrogen) atoms. The molecule has 0 bridgehead atoms. The first-order chi connectivity index (χ1) is 9.45. The lowest BCUT2D eigenvalue weighted by Crippen LogP contribution is -2.11. The van der Waals surface area contributed by atoms with Crippen molar-refractivity contribution in [2.24, 2.45) is 0 Å². The Morgan fingerprint density at radius 3 is 2.00 bits per heavy atom. The first-order valence-electron chi connectivity index (χ1n) is 7.35. The summed E-state index contributed by atoms with van der Waals surface area (Å²) in [4.78, 5) is 0. The number of anilines is 1. The van der Waals surface area contributed by atoms with Crippen molar-refractivity contribution in [2.75, 3.05) is 11.9 Å². The molecule has 0 aliphatic heterocycles. The molecule has 0 amide bonds. The van der Waals surface area contributed by atoms with Crippen LogP contribution in [0.5, 0.6) is 0 Å². The molecule has 0 radical (unpaired) electrons. The summed E-state index contributed by atoms with van der Waals surface area (Å²) in [6, 6.07) is 17.5. The Hall–Kier alpha value is -1.76. The van der Waals surface area contributed by atoms with Gasteiger partial charge in [0, 0.05) is 12.2 Å². The van der Waals surface area contributed by atoms with E-state index in [1.807, 2.05) is 0 Å². The van der Waals surface area contributed by atoms with Gasteiger partial charge in [0.2, 0.25) is 0 Å². The number of benzene rings is 2. The maximum atomic E-state index is 3.47. The molecule has 0 spiro atoms. The standard InChI is InChI=1S/C19H25N/c1-15-5-11-18(12-6-15)20-14-13-16-7-9-17(10-8-16)19(2,3)4/h5-12,20H,13-14H2,1-4H3. The fourth-order valence-corrected chi connectivity index (χ4v) is 2.19. The molecule has 1 N–H and O–H groups in total. The van der Waals surface area contributed by atoms with Crippen LogP contribution in [-0.2, 0) is 11.8 Å². The van der Waals surface area contributed by atoms with Gasteiger partial charge in [0.25, 0.3) is 0 Å². The van der Waals surface area contributed by atoms with E-state index in [0.717, 1.165) is 13.0 Å². The minimum Gasteiger partial charge on any atom is -0.385 e. The molecule has 1 nitrogen and oxygen atoms in total. The molecule has 2 rings (SSSR count).